The van der Waals surface area contributed by atoms with Gasteiger partial charge in [0.15, 0.2) is 6.10 Å². The van der Waals surface area contributed by atoms with E-state index in [9.17, 15) is 9.59 Å². The van der Waals surface area contributed by atoms with E-state index in [0.717, 1.165) is 0 Å². The Morgan fingerprint density at radius 2 is 1.67 bits per heavy atom. The molecule has 0 aromatic heterocycles. The highest BCUT2D eigenvalue weighted by atomic mass is 16.5. The van der Waals surface area contributed by atoms with E-state index >= 15 is 0 Å². The van der Waals surface area contributed by atoms with E-state index in [0.29, 0.717) is 17.0 Å². The standard InChI is InChI=1S/C22H27NO4/c1-6-26-21(25)18-9-7-8-10-19(18)23-20(24)15(2)27-17-13-11-16(12-14-17)22(3,4)5/h7-15H,6H2,1-5H3,(H,23,24)/t15-/m1/s1. The highest BCUT2D eigenvalue weighted by molar-refractivity contribution is 6.02. The number of para-hydroxylation sites is 1. The summed E-state index contributed by atoms with van der Waals surface area (Å²) in [7, 11) is 0. The molecule has 0 bridgehead atoms. The molecule has 0 aliphatic rings. The molecule has 5 heteroatoms. The van der Waals surface area contributed by atoms with Gasteiger partial charge in [-0.25, -0.2) is 4.79 Å². The summed E-state index contributed by atoms with van der Waals surface area (Å²) in [5.74, 6) is -0.198. The molecule has 2 aromatic carbocycles. The first-order chi connectivity index (χ1) is 12.7. The third kappa shape index (κ3) is 5.58. The fourth-order valence-electron chi connectivity index (χ4n) is 2.50. The Hall–Kier alpha value is -2.82. The van der Waals surface area contributed by atoms with Gasteiger partial charge in [-0.3, -0.25) is 4.79 Å². The predicted molar refractivity (Wildman–Crippen MR) is 106 cm³/mol. The van der Waals surface area contributed by atoms with Gasteiger partial charge in [0.2, 0.25) is 0 Å². The van der Waals surface area contributed by atoms with Crippen LogP contribution in [0, 0.1) is 0 Å². The second kappa shape index (κ2) is 8.71. The molecule has 1 N–H and O–H groups in total. The van der Waals surface area contributed by atoms with Gasteiger partial charge in [0, 0.05) is 0 Å². The maximum atomic E-state index is 12.5. The first-order valence-corrected chi connectivity index (χ1v) is 9.06. The summed E-state index contributed by atoms with van der Waals surface area (Å²) >= 11 is 0. The molecule has 144 valence electrons. The van der Waals surface area contributed by atoms with Crippen molar-refractivity contribution in [2.75, 3.05) is 11.9 Å². The third-order valence-corrected chi connectivity index (χ3v) is 4.08. The number of benzene rings is 2. The van der Waals surface area contributed by atoms with Crippen LogP contribution in [0.5, 0.6) is 5.75 Å². The SMILES string of the molecule is CCOC(=O)c1ccccc1NC(=O)[C@@H](C)Oc1ccc(C(C)(C)C)cc1. The molecule has 2 rings (SSSR count). The zero-order chi connectivity index (χ0) is 20.0. The Kier molecular flexibility index (Phi) is 6.61. The average Bonchev–Trinajstić information content (AvgIpc) is 2.62. The molecule has 0 saturated heterocycles. The Bertz CT molecular complexity index is 791. The zero-order valence-electron chi connectivity index (χ0n) is 16.5. The molecule has 1 atom stereocenters. The fraction of sp³-hybridized carbons (Fsp3) is 0.364. The second-order valence-electron chi connectivity index (χ2n) is 7.29. The van der Waals surface area contributed by atoms with Crippen LogP contribution in [0.3, 0.4) is 0 Å². The summed E-state index contributed by atoms with van der Waals surface area (Å²) in [5.41, 5.74) is 1.96. The number of rotatable bonds is 6. The quantitative estimate of drug-likeness (QED) is 0.758. The largest absolute Gasteiger partial charge is 0.481 e. The lowest BCUT2D eigenvalue weighted by molar-refractivity contribution is -0.122. The van der Waals surface area contributed by atoms with E-state index in [1.54, 1.807) is 38.1 Å². The number of hydrogen-bond acceptors (Lipinski definition) is 4. The van der Waals surface area contributed by atoms with Crippen molar-refractivity contribution in [3.63, 3.8) is 0 Å². The van der Waals surface area contributed by atoms with Crippen molar-refractivity contribution in [2.24, 2.45) is 0 Å². The Balaban J connectivity index is 2.05. The maximum absolute atomic E-state index is 12.5. The van der Waals surface area contributed by atoms with Gasteiger partial charge in [0.05, 0.1) is 17.9 Å². The highest BCUT2D eigenvalue weighted by Gasteiger charge is 2.19. The lowest BCUT2D eigenvalue weighted by Gasteiger charge is -2.20. The molecule has 0 heterocycles. The van der Waals surface area contributed by atoms with Crippen molar-refractivity contribution < 1.29 is 19.1 Å². The molecule has 5 nitrogen and oxygen atoms in total. The average molecular weight is 369 g/mol. The van der Waals surface area contributed by atoms with Crippen LogP contribution in [0.4, 0.5) is 5.69 Å². The van der Waals surface area contributed by atoms with E-state index in [1.165, 1.54) is 5.56 Å². The molecule has 0 spiro atoms. The molecule has 27 heavy (non-hydrogen) atoms. The molecule has 0 aliphatic carbocycles. The van der Waals surface area contributed by atoms with Crippen LogP contribution in [-0.4, -0.2) is 24.6 Å². The molecule has 0 radical (unpaired) electrons. The summed E-state index contributed by atoms with van der Waals surface area (Å²) in [6.07, 6.45) is -0.722. The summed E-state index contributed by atoms with van der Waals surface area (Å²) in [6.45, 7) is 10.1. The van der Waals surface area contributed by atoms with Crippen molar-refractivity contribution in [2.45, 2.75) is 46.1 Å². The monoisotopic (exact) mass is 369 g/mol. The summed E-state index contributed by atoms with van der Waals surface area (Å²) in [5, 5.41) is 2.74. The topological polar surface area (TPSA) is 64.6 Å². The first-order valence-electron chi connectivity index (χ1n) is 9.06. The van der Waals surface area contributed by atoms with Crippen LogP contribution < -0.4 is 10.1 Å². The van der Waals surface area contributed by atoms with E-state index in [4.69, 9.17) is 9.47 Å². The molecule has 2 aromatic rings. The maximum Gasteiger partial charge on any atom is 0.340 e. The Morgan fingerprint density at radius 3 is 2.26 bits per heavy atom. The van der Waals surface area contributed by atoms with Gasteiger partial charge >= 0.3 is 5.97 Å². The summed E-state index contributed by atoms with van der Waals surface area (Å²) < 4.78 is 10.8. The van der Waals surface area contributed by atoms with Crippen molar-refractivity contribution in [1.29, 1.82) is 0 Å². The van der Waals surface area contributed by atoms with Gasteiger partial charge in [0.1, 0.15) is 5.75 Å². The lowest BCUT2D eigenvalue weighted by Crippen LogP contribution is -2.30. The van der Waals surface area contributed by atoms with E-state index < -0.39 is 12.1 Å². The number of amides is 1. The Labute approximate surface area is 160 Å². The molecule has 0 unspecified atom stereocenters. The molecular weight excluding hydrogens is 342 g/mol. The number of anilines is 1. The predicted octanol–water partition coefficient (Wildman–Crippen LogP) is 4.57. The molecule has 1 amide bonds. The minimum Gasteiger partial charge on any atom is -0.481 e. The minimum absolute atomic E-state index is 0.0539. The molecule has 0 saturated carbocycles. The van der Waals surface area contributed by atoms with E-state index in [2.05, 4.69) is 26.1 Å². The van der Waals surface area contributed by atoms with Crippen LogP contribution >= 0.6 is 0 Å². The second-order valence-corrected chi connectivity index (χ2v) is 7.29. The van der Waals surface area contributed by atoms with E-state index in [-0.39, 0.29) is 17.9 Å². The van der Waals surface area contributed by atoms with E-state index in [1.807, 2.05) is 24.3 Å². The van der Waals surface area contributed by atoms with Crippen LogP contribution in [0.2, 0.25) is 0 Å². The zero-order valence-corrected chi connectivity index (χ0v) is 16.5. The van der Waals surface area contributed by atoms with Crippen LogP contribution in [-0.2, 0) is 14.9 Å². The smallest absolute Gasteiger partial charge is 0.340 e. The molecule has 0 aliphatic heterocycles. The van der Waals surface area contributed by atoms with Crippen LogP contribution in [0.25, 0.3) is 0 Å². The number of hydrogen-bond donors (Lipinski definition) is 1. The Morgan fingerprint density at radius 1 is 1.04 bits per heavy atom. The van der Waals surface area contributed by atoms with Crippen molar-refractivity contribution in [1.82, 2.24) is 0 Å². The van der Waals surface area contributed by atoms with Gasteiger partial charge in [-0.05, 0) is 49.1 Å². The number of carbonyl (C=O) groups is 2. The van der Waals surface area contributed by atoms with Gasteiger partial charge in [-0.2, -0.15) is 0 Å². The number of esters is 1. The molecular formula is C22H27NO4. The van der Waals surface area contributed by atoms with Crippen molar-refractivity contribution in [3.8, 4) is 5.75 Å². The lowest BCUT2D eigenvalue weighted by atomic mass is 9.87. The summed E-state index contributed by atoms with van der Waals surface area (Å²) in [6, 6.07) is 14.5. The minimum atomic E-state index is -0.722. The van der Waals surface area contributed by atoms with Crippen LogP contribution in [0.15, 0.2) is 48.5 Å². The molecule has 0 fully saturated rings. The number of ether oxygens (including phenoxy) is 2. The summed E-state index contributed by atoms with van der Waals surface area (Å²) in [4.78, 5) is 24.5. The van der Waals surface area contributed by atoms with Crippen molar-refractivity contribution >= 4 is 17.6 Å². The van der Waals surface area contributed by atoms with Gasteiger partial charge < -0.3 is 14.8 Å². The fourth-order valence-corrected chi connectivity index (χ4v) is 2.50. The van der Waals surface area contributed by atoms with Crippen molar-refractivity contribution in [3.05, 3.63) is 59.7 Å². The third-order valence-electron chi connectivity index (χ3n) is 4.08. The van der Waals surface area contributed by atoms with Gasteiger partial charge in [0.25, 0.3) is 5.91 Å². The number of nitrogens with one attached hydrogen (secondary N) is 1. The normalized spacial score (nSPS) is 12.2. The number of carbonyl (C=O) groups excluding carboxylic acids is 2. The van der Waals surface area contributed by atoms with Gasteiger partial charge in [-0.1, -0.05) is 45.0 Å². The van der Waals surface area contributed by atoms with Crippen LogP contribution in [0.1, 0.15) is 50.5 Å². The highest BCUT2D eigenvalue weighted by Crippen LogP contribution is 2.25. The van der Waals surface area contributed by atoms with Gasteiger partial charge in [-0.15, -0.1) is 0 Å². The first kappa shape index (κ1) is 20.5.